The summed E-state index contributed by atoms with van der Waals surface area (Å²) in [7, 11) is -1.58. The van der Waals surface area contributed by atoms with Gasteiger partial charge in [-0.25, -0.2) is 8.42 Å². The number of fused-ring (bicyclic) bond motifs is 1. The Kier molecular flexibility index (Phi) is 4.98. The molecule has 0 spiro atoms. The number of amidine groups is 1. The molecule has 2 saturated heterocycles. The fraction of sp³-hybridized carbons (Fsp3) is 0.500. The van der Waals surface area contributed by atoms with Gasteiger partial charge in [0.2, 0.25) is 0 Å². The molecule has 6 nitrogen and oxygen atoms in total. The zero-order valence-corrected chi connectivity index (χ0v) is 15.3. The maximum atomic E-state index is 12.0. The summed E-state index contributed by atoms with van der Waals surface area (Å²) in [6, 6.07) is 7.95. The number of hydrogen-bond donors (Lipinski definition) is 0. The molecule has 1 amide bonds. The largest absolute Gasteiger partial charge is 0.375 e. The van der Waals surface area contributed by atoms with Crippen molar-refractivity contribution in [2.75, 3.05) is 25.2 Å². The van der Waals surface area contributed by atoms with E-state index in [1.54, 1.807) is 0 Å². The van der Waals surface area contributed by atoms with Crippen LogP contribution in [0, 0.1) is 6.92 Å². The predicted octanol–water partition coefficient (Wildman–Crippen LogP) is 1.24. The van der Waals surface area contributed by atoms with Crippen LogP contribution in [0.2, 0.25) is 0 Å². The van der Waals surface area contributed by atoms with Crippen molar-refractivity contribution >= 4 is 32.7 Å². The first-order valence-corrected chi connectivity index (χ1v) is 10.4. The minimum Gasteiger partial charge on any atom is -0.375 e. The topological polar surface area (TPSA) is 76.0 Å². The minimum atomic E-state index is -3.03. The second kappa shape index (κ2) is 6.85. The van der Waals surface area contributed by atoms with Crippen LogP contribution in [0.3, 0.4) is 0 Å². The van der Waals surface area contributed by atoms with E-state index < -0.39 is 9.84 Å². The average molecular weight is 368 g/mol. The number of aliphatic imine (C=N–C) groups is 1. The third kappa shape index (κ3) is 3.81. The molecule has 3 rings (SSSR count). The SMILES string of the molecule is COCC(=O)N=C1S[C@@H]2CS(=O)(=O)C[C@H]2N1Cc1ccc(C)cc1. The smallest absolute Gasteiger partial charge is 0.274 e. The summed E-state index contributed by atoms with van der Waals surface area (Å²) < 4.78 is 28.7. The molecule has 2 fully saturated rings. The molecular weight excluding hydrogens is 348 g/mol. The molecule has 0 bridgehead atoms. The molecule has 2 atom stereocenters. The van der Waals surface area contributed by atoms with Gasteiger partial charge in [-0.05, 0) is 12.5 Å². The van der Waals surface area contributed by atoms with Crippen LogP contribution in [0.1, 0.15) is 11.1 Å². The van der Waals surface area contributed by atoms with Gasteiger partial charge < -0.3 is 9.64 Å². The normalized spacial score (nSPS) is 26.8. The van der Waals surface area contributed by atoms with Crippen molar-refractivity contribution < 1.29 is 17.9 Å². The number of rotatable bonds is 4. The number of sulfone groups is 1. The van der Waals surface area contributed by atoms with Gasteiger partial charge in [-0.2, -0.15) is 4.99 Å². The standard InChI is InChI=1S/C16H20N2O4S2/c1-11-3-5-12(6-4-11)7-18-13-9-24(20,21)10-14(13)23-16(18)17-15(19)8-22-2/h3-6,13-14H,7-10H2,1-2H3/t13-,14-/m1/s1. The Morgan fingerprint density at radius 3 is 2.71 bits per heavy atom. The highest BCUT2D eigenvalue weighted by molar-refractivity contribution is 8.15. The van der Waals surface area contributed by atoms with E-state index in [1.807, 2.05) is 36.1 Å². The highest BCUT2D eigenvalue weighted by Crippen LogP contribution is 2.39. The van der Waals surface area contributed by atoms with E-state index in [-0.39, 0.29) is 35.3 Å². The number of carbonyl (C=O) groups excluding carboxylic acids is 1. The van der Waals surface area contributed by atoms with Crippen LogP contribution in [-0.2, 0) is 25.9 Å². The first kappa shape index (κ1) is 17.4. The van der Waals surface area contributed by atoms with Crippen LogP contribution < -0.4 is 0 Å². The molecule has 0 radical (unpaired) electrons. The Morgan fingerprint density at radius 2 is 2.04 bits per heavy atom. The van der Waals surface area contributed by atoms with Crippen molar-refractivity contribution in [1.82, 2.24) is 4.90 Å². The van der Waals surface area contributed by atoms with Crippen LogP contribution in [0.15, 0.2) is 29.3 Å². The molecule has 0 saturated carbocycles. The molecule has 1 aromatic carbocycles. The van der Waals surface area contributed by atoms with Gasteiger partial charge in [-0.1, -0.05) is 41.6 Å². The van der Waals surface area contributed by atoms with Gasteiger partial charge in [0.05, 0.1) is 17.5 Å². The Hall–Kier alpha value is -1.38. The fourth-order valence-electron chi connectivity index (χ4n) is 2.97. The predicted molar refractivity (Wildman–Crippen MR) is 94.9 cm³/mol. The maximum absolute atomic E-state index is 12.0. The molecule has 2 heterocycles. The quantitative estimate of drug-likeness (QED) is 0.796. The zero-order valence-electron chi connectivity index (χ0n) is 13.6. The highest BCUT2D eigenvalue weighted by atomic mass is 32.2. The van der Waals surface area contributed by atoms with Gasteiger partial charge in [0.15, 0.2) is 15.0 Å². The molecule has 2 aliphatic rings. The molecule has 8 heteroatoms. The molecule has 0 unspecified atom stereocenters. The highest BCUT2D eigenvalue weighted by Gasteiger charge is 2.48. The number of aryl methyl sites for hydroxylation is 1. The van der Waals surface area contributed by atoms with E-state index in [2.05, 4.69) is 4.99 Å². The van der Waals surface area contributed by atoms with Gasteiger partial charge >= 0.3 is 0 Å². The Labute approximate surface area is 146 Å². The number of carbonyl (C=O) groups is 1. The van der Waals surface area contributed by atoms with Crippen LogP contribution in [0.5, 0.6) is 0 Å². The van der Waals surface area contributed by atoms with Crippen molar-refractivity contribution in [3.8, 4) is 0 Å². The van der Waals surface area contributed by atoms with Crippen molar-refractivity contribution in [3.05, 3.63) is 35.4 Å². The number of amides is 1. The van der Waals surface area contributed by atoms with Gasteiger partial charge in [0, 0.05) is 18.9 Å². The second-order valence-electron chi connectivity index (χ2n) is 6.14. The van der Waals surface area contributed by atoms with Crippen LogP contribution in [0.4, 0.5) is 0 Å². The zero-order chi connectivity index (χ0) is 17.3. The van der Waals surface area contributed by atoms with E-state index in [4.69, 9.17) is 4.74 Å². The van der Waals surface area contributed by atoms with Crippen LogP contribution >= 0.6 is 11.8 Å². The van der Waals surface area contributed by atoms with Crippen molar-refractivity contribution in [3.63, 3.8) is 0 Å². The number of hydrogen-bond acceptors (Lipinski definition) is 5. The summed E-state index contributed by atoms with van der Waals surface area (Å²) in [4.78, 5) is 17.9. The molecule has 24 heavy (non-hydrogen) atoms. The van der Waals surface area contributed by atoms with E-state index in [0.29, 0.717) is 11.7 Å². The molecule has 1 aromatic rings. The minimum absolute atomic E-state index is 0.0606. The molecule has 2 aliphatic heterocycles. The van der Waals surface area contributed by atoms with E-state index in [1.165, 1.54) is 24.4 Å². The second-order valence-corrected chi connectivity index (χ2v) is 9.50. The van der Waals surface area contributed by atoms with Crippen molar-refractivity contribution in [2.24, 2.45) is 4.99 Å². The summed E-state index contributed by atoms with van der Waals surface area (Å²) in [5, 5.41) is 0.539. The number of ether oxygens (including phenoxy) is 1. The van der Waals surface area contributed by atoms with Gasteiger partial charge in [0.1, 0.15) is 6.61 Å². The fourth-order valence-corrected chi connectivity index (χ4v) is 6.94. The average Bonchev–Trinajstić information content (AvgIpc) is 2.95. The Morgan fingerprint density at radius 1 is 1.33 bits per heavy atom. The van der Waals surface area contributed by atoms with Crippen molar-refractivity contribution in [2.45, 2.75) is 24.8 Å². The van der Waals surface area contributed by atoms with Gasteiger partial charge in [0.25, 0.3) is 5.91 Å². The lowest BCUT2D eigenvalue weighted by Gasteiger charge is -2.24. The van der Waals surface area contributed by atoms with E-state index >= 15 is 0 Å². The number of benzene rings is 1. The first-order chi connectivity index (χ1) is 11.4. The number of nitrogens with zero attached hydrogens (tertiary/aromatic N) is 2. The molecule has 0 aromatic heterocycles. The summed E-state index contributed by atoms with van der Waals surface area (Å²) in [6.45, 7) is 2.49. The van der Waals surface area contributed by atoms with Crippen molar-refractivity contribution in [1.29, 1.82) is 0 Å². The van der Waals surface area contributed by atoms with Gasteiger partial charge in [-0.15, -0.1) is 0 Å². The van der Waals surface area contributed by atoms with E-state index in [9.17, 15) is 13.2 Å². The summed E-state index contributed by atoms with van der Waals surface area (Å²) in [5.41, 5.74) is 2.23. The molecule has 130 valence electrons. The summed E-state index contributed by atoms with van der Waals surface area (Å²) >= 11 is 1.39. The lowest BCUT2D eigenvalue weighted by Crippen LogP contribution is -2.37. The monoisotopic (exact) mass is 368 g/mol. The number of methoxy groups -OCH3 is 1. The van der Waals surface area contributed by atoms with E-state index in [0.717, 1.165) is 5.56 Å². The maximum Gasteiger partial charge on any atom is 0.274 e. The Bertz CT molecular complexity index is 759. The first-order valence-electron chi connectivity index (χ1n) is 7.68. The summed E-state index contributed by atoms with van der Waals surface area (Å²) in [5.74, 6) is -0.0881. The number of thioether (sulfide) groups is 1. The molecular formula is C16H20N2O4S2. The third-order valence-corrected chi connectivity index (χ3v) is 7.38. The van der Waals surface area contributed by atoms with Crippen LogP contribution in [0.25, 0.3) is 0 Å². The van der Waals surface area contributed by atoms with Crippen LogP contribution in [-0.4, -0.2) is 60.9 Å². The summed E-state index contributed by atoms with van der Waals surface area (Å²) in [6.07, 6.45) is 0. The molecule has 0 N–H and O–H groups in total. The molecule has 0 aliphatic carbocycles. The lowest BCUT2D eigenvalue weighted by molar-refractivity contribution is -0.121. The Balaban J connectivity index is 1.86. The van der Waals surface area contributed by atoms with Gasteiger partial charge in [-0.3, -0.25) is 4.79 Å². The third-order valence-electron chi connectivity index (χ3n) is 4.14. The lowest BCUT2D eigenvalue weighted by atomic mass is 10.1.